The number of hydrogen-bond acceptors (Lipinski definition) is 4. The summed E-state index contributed by atoms with van der Waals surface area (Å²) in [7, 11) is -2.14. The maximum Gasteiger partial charge on any atom is 0.494 e. The lowest BCUT2D eigenvalue weighted by Gasteiger charge is -2.32. The highest BCUT2D eigenvalue weighted by Crippen LogP contribution is 2.36. The average molecular weight is 414 g/mol. The zero-order chi connectivity index (χ0) is 22.4. The van der Waals surface area contributed by atoms with Crippen LogP contribution in [-0.2, 0) is 14.0 Å². The molecule has 2 rings (SSSR count). The molecule has 4 nitrogen and oxygen atoms in total. The Morgan fingerprint density at radius 3 is 2.03 bits per heavy atom. The predicted molar refractivity (Wildman–Crippen MR) is 122 cm³/mol. The second-order valence-corrected chi connectivity index (χ2v) is 15.6. The van der Waals surface area contributed by atoms with Gasteiger partial charge in [-0.3, -0.25) is 0 Å². The molecule has 1 fully saturated rings. The van der Waals surface area contributed by atoms with E-state index in [1.165, 1.54) is 0 Å². The molecule has 158 valence electrons. The largest absolute Gasteiger partial charge is 0.494 e. The first kappa shape index (κ1) is 23.7. The molecule has 0 aromatic heterocycles. The maximum absolute atomic E-state index is 12.9. The number of carbonyl (C=O) groups is 1. The zero-order valence-electron chi connectivity index (χ0n) is 19.9. The van der Waals surface area contributed by atoms with E-state index >= 15 is 0 Å². The quantitative estimate of drug-likeness (QED) is 0.407. The van der Waals surface area contributed by atoms with Gasteiger partial charge in [0.1, 0.15) is 13.7 Å². The summed E-state index contributed by atoms with van der Waals surface area (Å²) in [5.41, 5.74) is 4.84. The predicted octanol–water partition coefficient (Wildman–Crippen LogP) is 4.48. The van der Waals surface area contributed by atoms with Gasteiger partial charge in [-0.1, -0.05) is 25.6 Å². The normalized spacial score (nSPS) is 18.2. The number of hydrogen-bond donors (Lipinski definition) is 0. The van der Waals surface area contributed by atoms with Crippen molar-refractivity contribution >= 4 is 26.6 Å². The van der Waals surface area contributed by atoms with Crippen LogP contribution in [0.15, 0.2) is 12.1 Å². The molecule has 0 aliphatic carbocycles. The molecule has 0 saturated carbocycles. The van der Waals surface area contributed by atoms with Crippen molar-refractivity contribution in [2.75, 3.05) is 0 Å². The van der Waals surface area contributed by atoms with E-state index in [0.29, 0.717) is 5.56 Å². The smallest absolute Gasteiger partial charge is 0.456 e. The highest BCUT2D eigenvalue weighted by molar-refractivity contribution is 6.83. The van der Waals surface area contributed by atoms with Gasteiger partial charge in [0.05, 0.1) is 16.8 Å². The third kappa shape index (κ3) is 5.75. The summed E-state index contributed by atoms with van der Waals surface area (Å²) in [5, 5.41) is 0. The Bertz CT molecular complexity index is 848. The van der Waals surface area contributed by atoms with Gasteiger partial charge in [-0.25, -0.2) is 4.79 Å². The number of esters is 1. The van der Waals surface area contributed by atoms with Crippen molar-refractivity contribution < 1.29 is 18.8 Å². The third-order valence-corrected chi connectivity index (χ3v) is 6.02. The molecule has 0 N–H and O–H groups in total. The van der Waals surface area contributed by atoms with Gasteiger partial charge in [0.25, 0.3) is 0 Å². The summed E-state index contributed by atoms with van der Waals surface area (Å²) in [6, 6.07) is 3.81. The topological polar surface area (TPSA) is 44.8 Å². The van der Waals surface area contributed by atoms with E-state index in [1.807, 2.05) is 67.5 Å². The van der Waals surface area contributed by atoms with Crippen LogP contribution >= 0.6 is 0 Å². The summed E-state index contributed by atoms with van der Waals surface area (Å²) >= 11 is 0. The van der Waals surface area contributed by atoms with E-state index in [0.717, 1.165) is 16.6 Å². The van der Waals surface area contributed by atoms with Crippen molar-refractivity contribution in [3.8, 4) is 11.5 Å². The standard InChI is InChI=1S/C23H35BO4Si/c1-16-17(12-13-29(9,10)11)14-18(15-19(16)20(25)26-21(2,3)4)24-27-22(5,6)23(7,8)28-24/h14-15H,1-11H3. The lowest BCUT2D eigenvalue weighted by atomic mass is 9.76. The fourth-order valence-corrected chi connectivity index (χ4v) is 3.29. The van der Waals surface area contributed by atoms with Crippen LogP contribution in [-0.4, -0.2) is 38.0 Å². The lowest BCUT2D eigenvalue weighted by Crippen LogP contribution is -2.41. The van der Waals surface area contributed by atoms with Crippen LogP contribution < -0.4 is 5.46 Å². The van der Waals surface area contributed by atoms with Gasteiger partial charge in [-0.15, -0.1) is 5.54 Å². The molecule has 0 amide bonds. The Morgan fingerprint density at radius 1 is 1.07 bits per heavy atom. The van der Waals surface area contributed by atoms with E-state index < -0.39 is 32.0 Å². The van der Waals surface area contributed by atoms with Crippen LogP contribution in [0, 0.1) is 18.4 Å². The van der Waals surface area contributed by atoms with Gasteiger partial charge >= 0.3 is 13.1 Å². The maximum atomic E-state index is 12.9. The Morgan fingerprint density at radius 2 is 1.59 bits per heavy atom. The van der Waals surface area contributed by atoms with Crippen LogP contribution in [0.3, 0.4) is 0 Å². The molecular weight excluding hydrogens is 379 g/mol. The Kier molecular flexibility index (Phi) is 6.23. The fraction of sp³-hybridized carbons (Fsp3) is 0.609. The molecular formula is C23H35BO4Si. The summed E-state index contributed by atoms with van der Waals surface area (Å²) in [6.07, 6.45) is 0. The van der Waals surface area contributed by atoms with Gasteiger partial charge in [0, 0.05) is 5.56 Å². The molecule has 1 aromatic carbocycles. The van der Waals surface area contributed by atoms with Crippen LogP contribution in [0.1, 0.15) is 70.0 Å². The summed E-state index contributed by atoms with van der Waals surface area (Å²) in [6.45, 7) is 22.2. The summed E-state index contributed by atoms with van der Waals surface area (Å²) < 4.78 is 18.1. The van der Waals surface area contributed by atoms with Gasteiger partial charge in [0.15, 0.2) is 0 Å². The Hall–Kier alpha value is -1.55. The van der Waals surface area contributed by atoms with Crippen molar-refractivity contribution in [2.45, 2.75) is 91.8 Å². The van der Waals surface area contributed by atoms with E-state index in [1.54, 1.807) is 0 Å². The number of benzene rings is 1. The first-order chi connectivity index (χ1) is 12.9. The fourth-order valence-electron chi connectivity index (χ4n) is 2.78. The average Bonchev–Trinajstić information content (AvgIpc) is 2.71. The molecule has 6 heteroatoms. The van der Waals surface area contributed by atoms with Gasteiger partial charge in [-0.2, -0.15) is 0 Å². The van der Waals surface area contributed by atoms with Gasteiger partial charge < -0.3 is 14.0 Å². The van der Waals surface area contributed by atoms with Crippen molar-refractivity contribution in [3.63, 3.8) is 0 Å². The summed E-state index contributed by atoms with van der Waals surface area (Å²) in [4.78, 5) is 12.9. The number of carbonyl (C=O) groups excluding carboxylic acids is 1. The van der Waals surface area contributed by atoms with Crippen molar-refractivity contribution in [2.24, 2.45) is 0 Å². The number of ether oxygens (including phenoxy) is 1. The molecule has 0 atom stereocenters. The molecule has 0 spiro atoms. The van der Waals surface area contributed by atoms with E-state index in [4.69, 9.17) is 14.0 Å². The summed E-state index contributed by atoms with van der Waals surface area (Å²) in [5.74, 6) is 2.95. The van der Waals surface area contributed by atoms with Crippen LogP contribution in [0.2, 0.25) is 19.6 Å². The molecule has 0 unspecified atom stereocenters. The van der Waals surface area contributed by atoms with Crippen molar-refractivity contribution in [1.82, 2.24) is 0 Å². The second-order valence-electron chi connectivity index (χ2n) is 10.8. The van der Waals surface area contributed by atoms with E-state index in [9.17, 15) is 4.79 Å². The molecule has 1 aliphatic rings. The molecule has 1 heterocycles. The Labute approximate surface area is 177 Å². The minimum absolute atomic E-state index is 0.357. The molecule has 1 aliphatic heterocycles. The van der Waals surface area contributed by atoms with E-state index in [-0.39, 0.29) is 5.97 Å². The SMILES string of the molecule is Cc1c(C#C[Si](C)(C)C)cc(B2OC(C)(C)C(C)(C)O2)cc1C(=O)OC(C)(C)C. The molecule has 0 radical (unpaired) electrons. The third-order valence-electron chi connectivity index (χ3n) is 5.15. The zero-order valence-corrected chi connectivity index (χ0v) is 20.9. The minimum atomic E-state index is -1.58. The van der Waals surface area contributed by atoms with Crippen LogP contribution in [0.4, 0.5) is 0 Å². The molecule has 0 bridgehead atoms. The monoisotopic (exact) mass is 414 g/mol. The van der Waals surface area contributed by atoms with Gasteiger partial charge in [-0.05, 0) is 78.5 Å². The second kappa shape index (κ2) is 7.61. The van der Waals surface area contributed by atoms with Crippen LogP contribution in [0.5, 0.6) is 0 Å². The van der Waals surface area contributed by atoms with Gasteiger partial charge in [0.2, 0.25) is 0 Å². The number of rotatable bonds is 2. The first-order valence-electron chi connectivity index (χ1n) is 10.2. The van der Waals surface area contributed by atoms with E-state index in [2.05, 4.69) is 31.1 Å². The molecule has 1 saturated heterocycles. The minimum Gasteiger partial charge on any atom is -0.456 e. The molecule has 29 heavy (non-hydrogen) atoms. The van der Waals surface area contributed by atoms with Crippen molar-refractivity contribution in [3.05, 3.63) is 28.8 Å². The first-order valence-corrected chi connectivity index (χ1v) is 13.7. The highest BCUT2D eigenvalue weighted by atomic mass is 28.3. The highest BCUT2D eigenvalue weighted by Gasteiger charge is 2.52. The van der Waals surface area contributed by atoms with Crippen LogP contribution in [0.25, 0.3) is 0 Å². The van der Waals surface area contributed by atoms with Crippen molar-refractivity contribution in [1.29, 1.82) is 0 Å². The lowest BCUT2D eigenvalue weighted by molar-refractivity contribution is 0.00578. The molecule has 1 aromatic rings. The Balaban J connectivity index is 2.58.